The molecule has 2 heterocycles. The summed E-state index contributed by atoms with van der Waals surface area (Å²) in [5, 5.41) is 4.40. The highest BCUT2D eigenvalue weighted by Crippen LogP contribution is 2.28. The Kier molecular flexibility index (Phi) is 6.42. The van der Waals surface area contributed by atoms with Crippen molar-refractivity contribution in [2.45, 2.75) is 37.6 Å². The minimum absolute atomic E-state index is 0.247. The summed E-state index contributed by atoms with van der Waals surface area (Å²) in [6, 6.07) is 16.2. The number of sulfonamides is 1. The number of aryl methyl sites for hydroxylation is 1. The molecule has 9 heteroatoms. The fourth-order valence-electron chi connectivity index (χ4n) is 4.71. The van der Waals surface area contributed by atoms with Crippen LogP contribution in [-0.2, 0) is 16.6 Å². The molecule has 2 aliphatic rings. The van der Waals surface area contributed by atoms with E-state index < -0.39 is 10.0 Å². The summed E-state index contributed by atoms with van der Waals surface area (Å²) in [7, 11) is -3.56. The van der Waals surface area contributed by atoms with Gasteiger partial charge in [0.25, 0.3) is 0 Å². The Bertz CT molecular complexity index is 1290. The van der Waals surface area contributed by atoms with Gasteiger partial charge in [0.05, 0.1) is 17.1 Å². The monoisotopic (exact) mass is 481 g/mol. The summed E-state index contributed by atoms with van der Waals surface area (Å²) in [5.41, 5.74) is 1.31. The highest BCUT2D eigenvalue weighted by molar-refractivity contribution is 7.89. The molecule has 8 nitrogen and oxygen atoms in total. The zero-order chi connectivity index (χ0) is 23.7. The number of hydrogen-bond acceptors (Lipinski definition) is 5. The Labute approximate surface area is 200 Å². The van der Waals surface area contributed by atoms with Gasteiger partial charge in [-0.1, -0.05) is 36.8 Å². The predicted octanol–water partition coefficient (Wildman–Crippen LogP) is 2.50. The third-order valence-corrected chi connectivity index (χ3v) is 8.94. The minimum atomic E-state index is -3.56. The number of rotatable bonds is 7. The summed E-state index contributed by atoms with van der Waals surface area (Å²) in [4.78, 5) is 15.6. The second kappa shape index (κ2) is 9.48. The van der Waals surface area contributed by atoms with Crippen LogP contribution >= 0.6 is 0 Å². The molecule has 2 aromatic carbocycles. The van der Waals surface area contributed by atoms with Crippen molar-refractivity contribution in [1.29, 1.82) is 0 Å². The molecule has 1 aromatic heterocycles. The predicted molar refractivity (Wildman–Crippen MR) is 131 cm³/mol. The van der Waals surface area contributed by atoms with Crippen LogP contribution in [0.2, 0.25) is 0 Å². The maximum atomic E-state index is 13.2. The van der Waals surface area contributed by atoms with Gasteiger partial charge < -0.3 is 4.90 Å². The largest absolute Gasteiger partial charge is 0.351 e. The van der Waals surface area contributed by atoms with E-state index in [1.807, 2.05) is 30.3 Å². The van der Waals surface area contributed by atoms with E-state index in [1.165, 1.54) is 23.9 Å². The number of aromatic nitrogens is 3. The van der Waals surface area contributed by atoms with E-state index in [-0.39, 0.29) is 10.6 Å². The fourth-order valence-corrected chi connectivity index (χ4v) is 6.13. The molecule has 0 atom stereocenters. The number of nitrogens with zero attached hydrogens (tertiary/aromatic N) is 5. The maximum Gasteiger partial charge on any atom is 0.351 e. The summed E-state index contributed by atoms with van der Waals surface area (Å²) < 4.78 is 30.9. The molecule has 34 heavy (non-hydrogen) atoms. The molecule has 0 radical (unpaired) electrons. The van der Waals surface area contributed by atoms with Crippen molar-refractivity contribution in [1.82, 2.24) is 23.6 Å². The average molecular weight is 482 g/mol. The lowest BCUT2D eigenvalue weighted by molar-refractivity contribution is 0.135. The Morgan fingerprint density at radius 3 is 2.24 bits per heavy atom. The van der Waals surface area contributed by atoms with Crippen LogP contribution in [0.1, 0.15) is 30.7 Å². The molecule has 1 aliphatic heterocycles. The first-order valence-electron chi connectivity index (χ1n) is 11.9. The summed E-state index contributed by atoms with van der Waals surface area (Å²) in [6.07, 6.45) is 3.93. The van der Waals surface area contributed by atoms with E-state index in [9.17, 15) is 13.2 Å². The van der Waals surface area contributed by atoms with Crippen molar-refractivity contribution in [2.24, 2.45) is 5.92 Å². The topological polar surface area (TPSA) is 80.4 Å². The first kappa shape index (κ1) is 23.0. The molecule has 2 fully saturated rings. The molecule has 5 rings (SSSR count). The average Bonchev–Trinajstić information content (AvgIpc) is 3.11. The first-order chi connectivity index (χ1) is 16.4. The van der Waals surface area contributed by atoms with Crippen LogP contribution in [-0.4, -0.2) is 64.7 Å². The van der Waals surface area contributed by atoms with E-state index >= 15 is 0 Å². The van der Waals surface area contributed by atoms with Crippen molar-refractivity contribution in [3.8, 4) is 5.69 Å². The number of piperazine rings is 1. The van der Waals surface area contributed by atoms with Gasteiger partial charge in [-0.2, -0.15) is 14.1 Å². The van der Waals surface area contributed by atoms with Gasteiger partial charge in [-0.05, 0) is 55.5 Å². The van der Waals surface area contributed by atoms with Crippen LogP contribution in [0.3, 0.4) is 0 Å². The molecule has 180 valence electrons. The molecule has 0 bridgehead atoms. The van der Waals surface area contributed by atoms with E-state index in [0.29, 0.717) is 31.1 Å². The summed E-state index contributed by atoms with van der Waals surface area (Å²) in [5.74, 6) is 1.39. The van der Waals surface area contributed by atoms with Gasteiger partial charge >= 0.3 is 5.69 Å². The van der Waals surface area contributed by atoms with Gasteiger partial charge in [0.2, 0.25) is 10.0 Å². The van der Waals surface area contributed by atoms with Gasteiger partial charge in [-0.15, -0.1) is 0 Å². The number of benzene rings is 2. The summed E-state index contributed by atoms with van der Waals surface area (Å²) >= 11 is 0. The molecule has 1 saturated carbocycles. The van der Waals surface area contributed by atoms with Crippen molar-refractivity contribution < 1.29 is 8.42 Å². The van der Waals surface area contributed by atoms with Crippen LogP contribution in [0.25, 0.3) is 5.69 Å². The van der Waals surface area contributed by atoms with Crippen molar-refractivity contribution in [2.75, 3.05) is 32.7 Å². The summed E-state index contributed by atoms with van der Waals surface area (Å²) in [6.45, 7) is 5.91. The van der Waals surface area contributed by atoms with Gasteiger partial charge in [-0.25, -0.2) is 13.2 Å². The van der Waals surface area contributed by atoms with Crippen LogP contribution in [0.4, 0.5) is 0 Å². The molecule has 0 spiro atoms. The normalized spacial score (nSPS) is 18.1. The Balaban J connectivity index is 1.29. The molecule has 0 unspecified atom stereocenters. The fraction of sp³-hybridized carbons (Fsp3) is 0.440. The van der Waals surface area contributed by atoms with E-state index in [0.717, 1.165) is 31.1 Å². The maximum absolute atomic E-state index is 13.2. The quantitative estimate of drug-likeness (QED) is 0.518. The smallest absolute Gasteiger partial charge is 0.300 e. The Morgan fingerprint density at radius 2 is 1.62 bits per heavy atom. The lowest BCUT2D eigenvalue weighted by atomic mass is 9.85. The molecular weight excluding hydrogens is 450 g/mol. The lowest BCUT2D eigenvalue weighted by Crippen LogP contribution is -2.50. The highest BCUT2D eigenvalue weighted by atomic mass is 32.2. The van der Waals surface area contributed by atoms with Gasteiger partial charge in [0.15, 0.2) is 0 Å². The second-order valence-corrected chi connectivity index (χ2v) is 11.2. The van der Waals surface area contributed by atoms with E-state index in [1.54, 1.807) is 40.1 Å². The van der Waals surface area contributed by atoms with Gasteiger partial charge in [0.1, 0.15) is 5.82 Å². The Hall–Kier alpha value is -2.75. The zero-order valence-corrected chi connectivity index (χ0v) is 20.3. The van der Waals surface area contributed by atoms with Gasteiger partial charge in [-0.3, -0.25) is 4.57 Å². The van der Waals surface area contributed by atoms with E-state index in [4.69, 9.17) is 0 Å². The SMILES string of the molecule is Cc1nn(-c2ccc(S(=O)(=O)N3CCN(CC4CCC4)CC3)cc2)c(=O)n1Cc1ccccc1. The van der Waals surface area contributed by atoms with Crippen molar-refractivity contribution in [3.63, 3.8) is 0 Å². The second-order valence-electron chi connectivity index (χ2n) is 9.31. The molecule has 3 aromatic rings. The standard InChI is InChI=1S/C25H31N5O3S/c1-20-26-30(25(31)29(20)19-22-6-3-2-4-7-22)23-10-12-24(13-11-23)34(32,33)28-16-14-27(15-17-28)18-21-8-5-9-21/h2-4,6-7,10-13,21H,5,8-9,14-19H2,1H3. The van der Waals surface area contributed by atoms with Crippen LogP contribution < -0.4 is 5.69 Å². The Morgan fingerprint density at radius 1 is 0.941 bits per heavy atom. The number of hydrogen-bond donors (Lipinski definition) is 0. The first-order valence-corrected chi connectivity index (χ1v) is 13.4. The third kappa shape index (κ3) is 4.60. The van der Waals surface area contributed by atoms with Crippen LogP contribution in [0.5, 0.6) is 0 Å². The molecule has 1 saturated heterocycles. The highest BCUT2D eigenvalue weighted by Gasteiger charge is 2.30. The molecular formula is C25H31N5O3S. The molecule has 0 amide bonds. The zero-order valence-electron chi connectivity index (χ0n) is 19.5. The lowest BCUT2D eigenvalue weighted by Gasteiger charge is -2.37. The minimum Gasteiger partial charge on any atom is -0.300 e. The molecule has 1 aliphatic carbocycles. The molecule has 0 N–H and O–H groups in total. The van der Waals surface area contributed by atoms with Crippen molar-refractivity contribution >= 4 is 10.0 Å². The third-order valence-electron chi connectivity index (χ3n) is 7.02. The van der Waals surface area contributed by atoms with Gasteiger partial charge in [0, 0.05) is 32.7 Å². The van der Waals surface area contributed by atoms with Crippen LogP contribution in [0.15, 0.2) is 64.3 Å². The van der Waals surface area contributed by atoms with E-state index in [2.05, 4.69) is 10.00 Å². The van der Waals surface area contributed by atoms with Crippen molar-refractivity contribution in [3.05, 3.63) is 76.5 Å². The van der Waals surface area contributed by atoms with Crippen LogP contribution in [0, 0.1) is 12.8 Å².